The molecule has 0 aromatic heterocycles. The first-order valence-corrected chi connectivity index (χ1v) is 10.5. The van der Waals surface area contributed by atoms with Crippen molar-refractivity contribution in [2.75, 3.05) is 11.4 Å². The highest BCUT2D eigenvalue weighted by molar-refractivity contribution is 7.88. The Labute approximate surface area is 155 Å². The topological polar surface area (TPSA) is 66.5 Å². The summed E-state index contributed by atoms with van der Waals surface area (Å²) in [5.41, 5.74) is 2.70. The minimum Gasteiger partial charge on any atom is -0.310 e. The van der Waals surface area contributed by atoms with E-state index in [1.807, 2.05) is 44.2 Å². The van der Waals surface area contributed by atoms with E-state index in [9.17, 15) is 13.2 Å². The third-order valence-electron chi connectivity index (χ3n) is 4.59. The number of fused-ring (bicyclic) bond motifs is 1. The number of hydrogen-bond donors (Lipinski definition) is 1. The van der Waals surface area contributed by atoms with Crippen molar-refractivity contribution in [3.05, 3.63) is 65.7 Å². The molecule has 0 bridgehead atoms. The summed E-state index contributed by atoms with van der Waals surface area (Å²) in [6, 6.07) is 16.0. The van der Waals surface area contributed by atoms with Gasteiger partial charge in [0.05, 0.1) is 5.75 Å². The molecule has 6 heteroatoms. The smallest absolute Gasteiger partial charge is 0.245 e. The Balaban J connectivity index is 1.78. The van der Waals surface area contributed by atoms with E-state index in [0.29, 0.717) is 12.1 Å². The van der Waals surface area contributed by atoms with Gasteiger partial charge in [-0.3, -0.25) is 4.79 Å². The number of carbonyl (C=O) groups excluding carboxylic acids is 1. The molecule has 2 aromatic carbocycles. The second-order valence-electron chi connectivity index (χ2n) is 6.95. The van der Waals surface area contributed by atoms with E-state index in [1.165, 1.54) is 0 Å². The predicted octanol–water partition coefficient (Wildman–Crippen LogP) is 2.72. The van der Waals surface area contributed by atoms with Crippen LogP contribution in [0, 0.1) is 5.92 Å². The second-order valence-corrected chi connectivity index (χ2v) is 8.71. The summed E-state index contributed by atoms with van der Waals surface area (Å²) in [6.07, 6.45) is 0.795. The summed E-state index contributed by atoms with van der Waals surface area (Å²) in [7, 11) is -3.63. The van der Waals surface area contributed by atoms with Crippen LogP contribution in [-0.4, -0.2) is 26.9 Å². The highest BCUT2D eigenvalue weighted by Gasteiger charge is 2.34. The lowest BCUT2D eigenvalue weighted by atomic mass is 10.0. The van der Waals surface area contributed by atoms with Crippen LogP contribution in [-0.2, 0) is 27.0 Å². The lowest BCUT2D eigenvalue weighted by Gasteiger charge is -2.27. The van der Waals surface area contributed by atoms with Crippen LogP contribution < -0.4 is 9.62 Å². The maximum atomic E-state index is 13.1. The van der Waals surface area contributed by atoms with Gasteiger partial charge in [-0.1, -0.05) is 62.4 Å². The molecule has 1 atom stereocenters. The third-order valence-corrected chi connectivity index (χ3v) is 5.92. The quantitative estimate of drug-likeness (QED) is 0.848. The fraction of sp³-hybridized carbons (Fsp3) is 0.350. The van der Waals surface area contributed by atoms with Gasteiger partial charge in [-0.2, -0.15) is 0 Å². The van der Waals surface area contributed by atoms with Gasteiger partial charge < -0.3 is 4.90 Å². The Kier molecular flexibility index (Phi) is 5.44. The normalized spacial score (nSPS) is 15.1. The van der Waals surface area contributed by atoms with Gasteiger partial charge in [0.25, 0.3) is 0 Å². The van der Waals surface area contributed by atoms with E-state index in [2.05, 4.69) is 4.72 Å². The van der Waals surface area contributed by atoms with Crippen molar-refractivity contribution >= 4 is 21.6 Å². The molecule has 0 saturated carbocycles. The zero-order valence-electron chi connectivity index (χ0n) is 15.1. The van der Waals surface area contributed by atoms with Gasteiger partial charge >= 0.3 is 0 Å². The molecule has 0 spiro atoms. The van der Waals surface area contributed by atoms with Gasteiger partial charge in [-0.15, -0.1) is 0 Å². The van der Waals surface area contributed by atoms with Gasteiger partial charge in [0.15, 0.2) is 0 Å². The van der Waals surface area contributed by atoms with Crippen LogP contribution in [0.4, 0.5) is 5.69 Å². The number of hydrogen-bond acceptors (Lipinski definition) is 3. The average Bonchev–Trinajstić information content (AvgIpc) is 3.03. The van der Waals surface area contributed by atoms with Gasteiger partial charge in [-0.25, -0.2) is 13.1 Å². The third kappa shape index (κ3) is 4.14. The minimum absolute atomic E-state index is 0.138. The Morgan fingerprint density at radius 2 is 1.73 bits per heavy atom. The molecule has 1 aliphatic rings. The maximum Gasteiger partial charge on any atom is 0.245 e. The molecular weight excluding hydrogens is 348 g/mol. The molecule has 5 nitrogen and oxygen atoms in total. The van der Waals surface area contributed by atoms with E-state index < -0.39 is 16.1 Å². The number of para-hydroxylation sites is 1. The van der Waals surface area contributed by atoms with Crippen LogP contribution >= 0.6 is 0 Å². The molecule has 0 fully saturated rings. The Hall–Kier alpha value is -2.18. The summed E-state index contributed by atoms with van der Waals surface area (Å²) in [5, 5.41) is 0. The van der Waals surface area contributed by atoms with E-state index in [1.54, 1.807) is 29.2 Å². The summed E-state index contributed by atoms with van der Waals surface area (Å²) in [4.78, 5) is 14.8. The zero-order chi connectivity index (χ0) is 18.7. The van der Waals surface area contributed by atoms with E-state index in [0.717, 1.165) is 17.7 Å². The largest absolute Gasteiger partial charge is 0.310 e. The first-order chi connectivity index (χ1) is 12.4. The zero-order valence-corrected chi connectivity index (χ0v) is 15.9. The number of benzene rings is 2. The fourth-order valence-corrected chi connectivity index (χ4v) is 4.71. The van der Waals surface area contributed by atoms with Crippen LogP contribution in [0.2, 0.25) is 0 Å². The second kappa shape index (κ2) is 7.60. The van der Waals surface area contributed by atoms with Crippen molar-refractivity contribution in [2.24, 2.45) is 5.92 Å². The van der Waals surface area contributed by atoms with E-state index >= 15 is 0 Å². The minimum atomic E-state index is -3.63. The Morgan fingerprint density at radius 1 is 1.08 bits per heavy atom. The number of sulfonamides is 1. The highest BCUT2D eigenvalue weighted by atomic mass is 32.2. The standard InChI is InChI=1S/C20H24N2O3S/c1-15(2)19(21-26(24,25)14-16-8-4-3-5-9-16)20(23)22-13-12-17-10-6-7-11-18(17)22/h3-11,15,19,21H,12-14H2,1-2H3/t19-/m1/s1. The maximum absolute atomic E-state index is 13.1. The fourth-order valence-electron chi connectivity index (χ4n) is 3.24. The van der Waals surface area contributed by atoms with Crippen LogP contribution in [0.25, 0.3) is 0 Å². The molecule has 26 heavy (non-hydrogen) atoms. The number of carbonyl (C=O) groups is 1. The SMILES string of the molecule is CC(C)[C@@H](NS(=O)(=O)Cc1ccccc1)C(=O)N1CCc2ccccc21. The number of nitrogens with one attached hydrogen (secondary N) is 1. The molecular formula is C20H24N2O3S. The summed E-state index contributed by atoms with van der Waals surface area (Å²) in [5.74, 6) is -0.483. The van der Waals surface area contributed by atoms with Gasteiger partial charge in [0.1, 0.15) is 6.04 Å². The predicted molar refractivity (Wildman–Crippen MR) is 103 cm³/mol. The van der Waals surface area contributed by atoms with Gasteiger partial charge in [0.2, 0.25) is 15.9 Å². The molecule has 0 aliphatic carbocycles. The molecule has 2 aromatic rings. The molecule has 1 heterocycles. The molecule has 3 rings (SSSR count). The summed E-state index contributed by atoms with van der Waals surface area (Å²) < 4.78 is 27.8. The van der Waals surface area contributed by atoms with Crippen molar-refractivity contribution in [1.82, 2.24) is 4.72 Å². The molecule has 1 N–H and O–H groups in total. The monoisotopic (exact) mass is 372 g/mol. The van der Waals surface area contributed by atoms with E-state index in [-0.39, 0.29) is 17.6 Å². The lowest BCUT2D eigenvalue weighted by Crippen LogP contribution is -2.51. The number of nitrogens with zero attached hydrogens (tertiary/aromatic N) is 1. The lowest BCUT2D eigenvalue weighted by molar-refractivity contribution is -0.121. The molecule has 1 aliphatic heterocycles. The highest BCUT2D eigenvalue weighted by Crippen LogP contribution is 2.28. The van der Waals surface area contributed by atoms with E-state index in [4.69, 9.17) is 0 Å². The molecule has 0 saturated heterocycles. The summed E-state index contributed by atoms with van der Waals surface area (Å²) in [6.45, 7) is 4.30. The summed E-state index contributed by atoms with van der Waals surface area (Å²) >= 11 is 0. The van der Waals surface area contributed by atoms with Crippen molar-refractivity contribution in [1.29, 1.82) is 0 Å². The van der Waals surface area contributed by atoms with Crippen LogP contribution in [0.3, 0.4) is 0 Å². The van der Waals surface area contributed by atoms with Crippen LogP contribution in [0.5, 0.6) is 0 Å². The van der Waals surface area contributed by atoms with Crippen molar-refractivity contribution in [3.63, 3.8) is 0 Å². The van der Waals surface area contributed by atoms with Crippen molar-refractivity contribution < 1.29 is 13.2 Å². The first kappa shape index (κ1) is 18.6. The first-order valence-electron chi connectivity index (χ1n) is 8.80. The molecule has 0 unspecified atom stereocenters. The average molecular weight is 372 g/mol. The van der Waals surface area contributed by atoms with Gasteiger partial charge in [0, 0.05) is 12.2 Å². The molecule has 1 amide bonds. The number of rotatable bonds is 6. The van der Waals surface area contributed by atoms with Crippen LogP contribution in [0.1, 0.15) is 25.0 Å². The van der Waals surface area contributed by atoms with Crippen molar-refractivity contribution in [2.45, 2.75) is 32.1 Å². The van der Waals surface area contributed by atoms with Gasteiger partial charge in [-0.05, 0) is 29.5 Å². The Bertz CT molecular complexity index is 879. The number of anilines is 1. The van der Waals surface area contributed by atoms with Crippen molar-refractivity contribution in [3.8, 4) is 0 Å². The molecule has 138 valence electrons. The molecule has 0 radical (unpaired) electrons. The van der Waals surface area contributed by atoms with Crippen LogP contribution in [0.15, 0.2) is 54.6 Å². The number of amides is 1. The Morgan fingerprint density at radius 3 is 2.42 bits per heavy atom.